The third kappa shape index (κ3) is 3.44. The number of nitrogens with zero attached hydrogens (tertiary/aromatic N) is 5. The SMILES string of the molecule is CC(C)c1noc2c1-c1nc(Nc3ccc(N4CCNCC4)cn3)ncc1CC2. The molecule has 2 N–H and O–H groups in total. The molecular formula is C21H25N7O. The number of hydrogen-bond acceptors (Lipinski definition) is 8. The molecule has 2 aliphatic rings. The Morgan fingerprint density at radius 3 is 2.72 bits per heavy atom. The number of pyridine rings is 1. The van der Waals surface area contributed by atoms with Crippen LogP contribution in [-0.4, -0.2) is 46.3 Å². The number of aryl methyl sites for hydroxylation is 2. The van der Waals surface area contributed by atoms with Gasteiger partial charge in [-0.05, 0) is 30.0 Å². The Balaban J connectivity index is 1.40. The lowest BCUT2D eigenvalue weighted by molar-refractivity contribution is 0.374. The molecule has 8 nitrogen and oxygen atoms in total. The van der Waals surface area contributed by atoms with E-state index in [1.807, 2.05) is 18.5 Å². The van der Waals surface area contributed by atoms with E-state index in [0.29, 0.717) is 5.95 Å². The highest BCUT2D eigenvalue weighted by Gasteiger charge is 2.27. The van der Waals surface area contributed by atoms with Crippen molar-refractivity contribution in [2.75, 3.05) is 36.4 Å². The molecule has 150 valence electrons. The van der Waals surface area contributed by atoms with E-state index in [1.165, 1.54) is 0 Å². The van der Waals surface area contributed by atoms with Gasteiger partial charge in [-0.25, -0.2) is 15.0 Å². The predicted octanol–water partition coefficient (Wildman–Crippen LogP) is 2.90. The molecule has 0 bridgehead atoms. The van der Waals surface area contributed by atoms with Crippen molar-refractivity contribution in [1.29, 1.82) is 0 Å². The van der Waals surface area contributed by atoms with E-state index in [-0.39, 0.29) is 5.92 Å². The van der Waals surface area contributed by atoms with Crippen LogP contribution in [0, 0.1) is 0 Å². The fourth-order valence-corrected chi connectivity index (χ4v) is 3.96. The molecule has 0 aromatic carbocycles. The topological polar surface area (TPSA) is 92.0 Å². The summed E-state index contributed by atoms with van der Waals surface area (Å²) in [6, 6.07) is 4.07. The van der Waals surface area contributed by atoms with E-state index in [9.17, 15) is 0 Å². The van der Waals surface area contributed by atoms with Gasteiger partial charge in [0.15, 0.2) is 0 Å². The van der Waals surface area contributed by atoms with E-state index in [1.54, 1.807) is 0 Å². The van der Waals surface area contributed by atoms with Gasteiger partial charge in [-0.2, -0.15) is 0 Å². The molecule has 8 heteroatoms. The van der Waals surface area contributed by atoms with Crippen molar-refractivity contribution in [3.05, 3.63) is 41.5 Å². The highest BCUT2D eigenvalue weighted by molar-refractivity contribution is 5.71. The highest BCUT2D eigenvalue weighted by Crippen LogP contribution is 2.37. The zero-order valence-electron chi connectivity index (χ0n) is 16.8. The summed E-state index contributed by atoms with van der Waals surface area (Å²) >= 11 is 0. The van der Waals surface area contributed by atoms with Gasteiger partial charge in [0.2, 0.25) is 5.95 Å². The van der Waals surface area contributed by atoms with Crippen LogP contribution in [0.2, 0.25) is 0 Å². The minimum atomic E-state index is 0.277. The van der Waals surface area contributed by atoms with Crippen molar-refractivity contribution in [2.45, 2.75) is 32.6 Å². The van der Waals surface area contributed by atoms with Crippen LogP contribution >= 0.6 is 0 Å². The highest BCUT2D eigenvalue weighted by atomic mass is 16.5. The maximum absolute atomic E-state index is 5.58. The predicted molar refractivity (Wildman–Crippen MR) is 112 cm³/mol. The second-order valence-corrected chi connectivity index (χ2v) is 7.85. The Morgan fingerprint density at radius 2 is 1.97 bits per heavy atom. The Morgan fingerprint density at radius 1 is 1.10 bits per heavy atom. The molecule has 0 atom stereocenters. The number of anilines is 3. The molecule has 0 amide bonds. The summed E-state index contributed by atoms with van der Waals surface area (Å²) in [5.41, 5.74) is 5.19. The second-order valence-electron chi connectivity index (χ2n) is 7.85. The van der Waals surface area contributed by atoms with Gasteiger partial charge in [0.25, 0.3) is 0 Å². The summed E-state index contributed by atoms with van der Waals surface area (Å²) in [7, 11) is 0. The van der Waals surface area contributed by atoms with Crippen molar-refractivity contribution < 1.29 is 4.52 Å². The zero-order valence-corrected chi connectivity index (χ0v) is 16.8. The quantitative estimate of drug-likeness (QED) is 0.701. The van der Waals surface area contributed by atoms with Crippen LogP contribution in [-0.2, 0) is 12.8 Å². The van der Waals surface area contributed by atoms with Gasteiger partial charge in [0, 0.05) is 38.8 Å². The van der Waals surface area contributed by atoms with Crippen molar-refractivity contribution in [1.82, 2.24) is 25.4 Å². The van der Waals surface area contributed by atoms with Crippen LogP contribution in [0.15, 0.2) is 29.0 Å². The molecule has 1 fully saturated rings. The van der Waals surface area contributed by atoms with Crippen molar-refractivity contribution in [2.24, 2.45) is 0 Å². The van der Waals surface area contributed by atoms with Crippen molar-refractivity contribution >= 4 is 17.5 Å². The number of piperazine rings is 1. The monoisotopic (exact) mass is 391 g/mol. The van der Waals surface area contributed by atoms with Crippen molar-refractivity contribution in [3.8, 4) is 11.3 Å². The van der Waals surface area contributed by atoms with Gasteiger partial charge >= 0.3 is 0 Å². The molecule has 0 radical (unpaired) electrons. The molecule has 1 saturated heterocycles. The molecule has 29 heavy (non-hydrogen) atoms. The van der Waals surface area contributed by atoms with E-state index < -0.39 is 0 Å². The minimum absolute atomic E-state index is 0.277. The van der Waals surface area contributed by atoms with Crippen LogP contribution in [0.4, 0.5) is 17.5 Å². The first kappa shape index (κ1) is 18.1. The summed E-state index contributed by atoms with van der Waals surface area (Å²) in [4.78, 5) is 16.2. The average molecular weight is 391 g/mol. The summed E-state index contributed by atoms with van der Waals surface area (Å²) < 4.78 is 5.58. The van der Waals surface area contributed by atoms with E-state index in [4.69, 9.17) is 9.51 Å². The number of nitrogens with one attached hydrogen (secondary N) is 2. The molecule has 4 heterocycles. The Hall–Kier alpha value is -3.00. The third-order valence-electron chi connectivity index (χ3n) is 5.53. The Kier molecular flexibility index (Phi) is 4.63. The van der Waals surface area contributed by atoms with Crippen LogP contribution in [0.25, 0.3) is 11.3 Å². The van der Waals surface area contributed by atoms with Crippen molar-refractivity contribution in [3.63, 3.8) is 0 Å². The first-order valence-electron chi connectivity index (χ1n) is 10.2. The molecule has 0 unspecified atom stereocenters. The minimum Gasteiger partial charge on any atom is -0.368 e. The Bertz CT molecular complexity index is 1010. The summed E-state index contributed by atoms with van der Waals surface area (Å²) in [5.74, 6) is 2.47. The molecule has 5 rings (SSSR count). The first-order valence-corrected chi connectivity index (χ1v) is 10.2. The molecule has 1 aliphatic heterocycles. The lowest BCUT2D eigenvalue weighted by atomic mass is 9.91. The molecule has 3 aromatic heterocycles. The van der Waals surface area contributed by atoms with E-state index in [2.05, 4.69) is 50.6 Å². The normalized spacial score (nSPS) is 15.9. The van der Waals surface area contributed by atoms with Gasteiger partial charge in [0.1, 0.15) is 11.6 Å². The van der Waals surface area contributed by atoms with Gasteiger partial charge in [-0.3, -0.25) is 0 Å². The fraction of sp³-hybridized carbons (Fsp3) is 0.429. The number of rotatable bonds is 4. The summed E-state index contributed by atoms with van der Waals surface area (Å²) in [5, 5.41) is 10.9. The standard InChI is InChI=1S/C21H25N7O/c1-13(2)19-18-16(29-27-19)5-3-14-11-24-21(26-20(14)18)25-17-6-4-15(12-23-17)28-9-7-22-8-10-28/h4,6,11-13,22H,3,5,7-10H2,1-2H3,(H,23,24,25,26). The maximum atomic E-state index is 5.58. The van der Waals surface area contributed by atoms with E-state index >= 15 is 0 Å². The molecule has 1 aliphatic carbocycles. The van der Waals surface area contributed by atoms with Gasteiger partial charge in [0.05, 0.1) is 28.8 Å². The van der Waals surface area contributed by atoms with Gasteiger partial charge in [-0.15, -0.1) is 0 Å². The number of hydrogen-bond donors (Lipinski definition) is 2. The maximum Gasteiger partial charge on any atom is 0.228 e. The molecular weight excluding hydrogens is 366 g/mol. The van der Waals surface area contributed by atoms with Gasteiger partial charge < -0.3 is 20.1 Å². The lowest BCUT2D eigenvalue weighted by Crippen LogP contribution is -2.43. The number of aromatic nitrogens is 4. The summed E-state index contributed by atoms with van der Waals surface area (Å²) in [6.45, 7) is 8.26. The second kappa shape index (κ2) is 7.44. The number of fused-ring (bicyclic) bond motifs is 3. The van der Waals surface area contributed by atoms with Crippen LogP contribution < -0.4 is 15.5 Å². The molecule has 3 aromatic rings. The fourth-order valence-electron chi connectivity index (χ4n) is 3.96. The third-order valence-corrected chi connectivity index (χ3v) is 5.53. The summed E-state index contributed by atoms with van der Waals surface area (Å²) in [6.07, 6.45) is 5.51. The lowest BCUT2D eigenvalue weighted by Gasteiger charge is -2.29. The van der Waals surface area contributed by atoms with E-state index in [0.717, 1.165) is 78.8 Å². The molecule has 0 saturated carbocycles. The molecule has 0 spiro atoms. The smallest absolute Gasteiger partial charge is 0.228 e. The van der Waals surface area contributed by atoms with Gasteiger partial charge in [-0.1, -0.05) is 19.0 Å². The average Bonchev–Trinajstić information content (AvgIpc) is 3.20. The largest absolute Gasteiger partial charge is 0.368 e. The zero-order chi connectivity index (χ0) is 19.8. The van der Waals surface area contributed by atoms with Crippen LogP contribution in [0.5, 0.6) is 0 Å². The van der Waals surface area contributed by atoms with Crippen LogP contribution in [0.3, 0.4) is 0 Å². The van der Waals surface area contributed by atoms with Crippen LogP contribution in [0.1, 0.15) is 36.8 Å². The first-order chi connectivity index (χ1) is 14.2. The Labute approximate surface area is 169 Å².